The molecule has 1 fully saturated rings. The molecule has 2 unspecified atom stereocenters. The number of ether oxygens (including phenoxy) is 1. The van der Waals surface area contributed by atoms with Crippen LogP contribution in [0.25, 0.3) is 0 Å². The van der Waals surface area contributed by atoms with Crippen LogP contribution in [0.1, 0.15) is 26.7 Å². The first kappa shape index (κ1) is 10.4. The van der Waals surface area contributed by atoms with E-state index < -0.39 is 0 Å². The zero-order chi connectivity index (χ0) is 9.03. The summed E-state index contributed by atoms with van der Waals surface area (Å²) >= 11 is 1.96. The van der Waals surface area contributed by atoms with Gasteiger partial charge in [0.25, 0.3) is 0 Å². The quantitative estimate of drug-likeness (QED) is 0.683. The molecule has 0 amide bonds. The lowest BCUT2D eigenvalue weighted by atomic mass is 9.91. The third kappa shape index (κ3) is 2.38. The van der Waals surface area contributed by atoms with E-state index in [1.807, 2.05) is 11.8 Å². The van der Waals surface area contributed by atoms with Gasteiger partial charge >= 0.3 is 0 Å². The molecule has 0 radical (unpaired) electrons. The van der Waals surface area contributed by atoms with Crippen molar-refractivity contribution in [2.24, 2.45) is 5.73 Å². The van der Waals surface area contributed by atoms with E-state index in [-0.39, 0.29) is 11.6 Å². The molecule has 0 aromatic heterocycles. The summed E-state index contributed by atoms with van der Waals surface area (Å²) in [4.78, 5) is 0. The number of rotatable bonds is 4. The third-order valence-electron chi connectivity index (χ3n) is 2.66. The Balaban J connectivity index is 2.27. The van der Waals surface area contributed by atoms with E-state index in [2.05, 4.69) is 13.8 Å². The van der Waals surface area contributed by atoms with E-state index in [1.165, 1.54) is 11.5 Å². The van der Waals surface area contributed by atoms with Gasteiger partial charge in [-0.15, -0.1) is 0 Å². The maximum absolute atomic E-state index is 6.21. The van der Waals surface area contributed by atoms with Crippen LogP contribution in [-0.2, 0) is 4.74 Å². The Morgan fingerprint density at radius 3 is 2.92 bits per heavy atom. The largest absolute Gasteiger partial charge is 0.377 e. The second-order valence-corrected chi connectivity index (χ2v) is 4.84. The molecule has 1 heterocycles. The SMILES string of the molecule is CCSCCC1(N)CCOC1C. The van der Waals surface area contributed by atoms with Crippen LogP contribution < -0.4 is 5.73 Å². The molecule has 0 aromatic rings. The first-order valence-corrected chi connectivity index (χ1v) is 5.83. The standard InChI is InChI=1S/C9H19NOS/c1-3-12-7-5-9(10)4-6-11-8(9)2/h8H,3-7,10H2,1-2H3. The Labute approximate surface area is 79.2 Å². The minimum atomic E-state index is -0.0395. The Hall–Kier alpha value is 0.270. The summed E-state index contributed by atoms with van der Waals surface area (Å²) in [5.74, 6) is 2.35. The molecule has 0 bridgehead atoms. The lowest BCUT2D eigenvalue weighted by Crippen LogP contribution is -2.46. The second kappa shape index (κ2) is 4.49. The van der Waals surface area contributed by atoms with Crippen LogP contribution in [-0.4, -0.2) is 29.8 Å². The van der Waals surface area contributed by atoms with Crippen molar-refractivity contribution in [1.29, 1.82) is 0 Å². The van der Waals surface area contributed by atoms with E-state index in [9.17, 15) is 0 Å². The summed E-state index contributed by atoms with van der Waals surface area (Å²) in [6.45, 7) is 5.11. The molecule has 12 heavy (non-hydrogen) atoms. The predicted octanol–water partition coefficient (Wildman–Crippen LogP) is 1.64. The van der Waals surface area contributed by atoms with Crippen molar-refractivity contribution in [3.63, 3.8) is 0 Å². The summed E-state index contributed by atoms with van der Waals surface area (Å²) in [7, 11) is 0. The molecule has 72 valence electrons. The Kier molecular flexibility index (Phi) is 3.87. The van der Waals surface area contributed by atoms with Gasteiger partial charge in [0.05, 0.1) is 6.10 Å². The van der Waals surface area contributed by atoms with Crippen molar-refractivity contribution in [3.8, 4) is 0 Å². The molecule has 1 aliphatic heterocycles. The van der Waals surface area contributed by atoms with Gasteiger partial charge in [0.15, 0.2) is 0 Å². The van der Waals surface area contributed by atoms with Gasteiger partial charge in [-0.25, -0.2) is 0 Å². The molecule has 0 aliphatic carbocycles. The van der Waals surface area contributed by atoms with Crippen LogP contribution >= 0.6 is 11.8 Å². The van der Waals surface area contributed by atoms with Gasteiger partial charge in [-0.05, 0) is 31.3 Å². The number of hydrogen-bond donors (Lipinski definition) is 1. The zero-order valence-corrected chi connectivity index (χ0v) is 8.82. The average Bonchev–Trinajstić information content (AvgIpc) is 2.34. The van der Waals surface area contributed by atoms with Crippen molar-refractivity contribution in [2.45, 2.75) is 38.3 Å². The maximum Gasteiger partial charge on any atom is 0.0727 e. The molecule has 2 nitrogen and oxygen atoms in total. The van der Waals surface area contributed by atoms with Gasteiger partial charge in [-0.3, -0.25) is 0 Å². The van der Waals surface area contributed by atoms with Crippen LogP contribution in [0, 0.1) is 0 Å². The Morgan fingerprint density at radius 2 is 2.42 bits per heavy atom. The van der Waals surface area contributed by atoms with Crippen molar-refractivity contribution in [1.82, 2.24) is 0 Å². The summed E-state index contributed by atoms with van der Waals surface area (Å²) < 4.78 is 5.46. The van der Waals surface area contributed by atoms with Crippen molar-refractivity contribution >= 4 is 11.8 Å². The van der Waals surface area contributed by atoms with Gasteiger partial charge in [-0.1, -0.05) is 6.92 Å². The van der Waals surface area contributed by atoms with E-state index in [1.54, 1.807) is 0 Å². The normalized spacial score (nSPS) is 35.8. The lowest BCUT2D eigenvalue weighted by molar-refractivity contribution is 0.0947. The third-order valence-corrected chi connectivity index (χ3v) is 3.56. The Bertz CT molecular complexity index is 142. The van der Waals surface area contributed by atoms with E-state index >= 15 is 0 Å². The number of hydrogen-bond acceptors (Lipinski definition) is 3. The number of thioether (sulfide) groups is 1. The second-order valence-electron chi connectivity index (χ2n) is 3.44. The van der Waals surface area contributed by atoms with Crippen LogP contribution in [0.15, 0.2) is 0 Å². The average molecular weight is 189 g/mol. The van der Waals surface area contributed by atoms with Gasteiger partial charge in [-0.2, -0.15) is 11.8 Å². The topological polar surface area (TPSA) is 35.2 Å². The summed E-state index contributed by atoms with van der Waals surface area (Å²) in [5.41, 5.74) is 6.17. The van der Waals surface area contributed by atoms with Crippen LogP contribution in [0.2, 0.25) is 0 Å². The molecular weight excluding hydrogens is 170 g/mol. The highest BCUT2D eigenvalue weighted by molar-refractivity contribution is 7.99. The van der Waals surface area contributed by atoms with E-state index in [0.29, 0.717) is 0 Å². The fourth-order valence-electron chi connectivity index (χ4n) is 1.53. The van der Waals surface area contributed by atoms with Gasteiger partial charge in [0.2, 0.25) is 0 Å². The number of nitrogens with two attached hydrogens (primary N) is 1. The van der Waals surface area contributed by atoms with Crippen molar-refractivity contribution in [3.05, 3.63) is 0 Å². The molecule has 1 rings (SSSR count). The summed E-state index contributed by atoms with van der Waals surface area (Å²) in [5, 5.41) is 0. The van der Waals surface area contributed by atoms with Gasteiger partial charge < -0.3 is 10.5 Å². The minimum absolute atomic E-state index is 0.0395. The smallest absolute Gasteiger partial charge is 0.0727 e. The fourth-order valence-corrected chi connectivity index (χ4v) is 2.34. The predicted molar refractivity (Wildman–Crippen MR) is 54.6 cm³/mol. The molecule has 0 spiro atoms. The lowest BCUT2D eigenvalue weighted by Gasteiger charge is -2.26. The molecule has 2 atom stereocenters. The van der Waals surface area contributed by atoms with Crippen LogP contribution in [0.3, 0.4) is 0 Å². The van der Waals surface area contributed by atoms with Crippen LogP contribution in [0.5, 0.6) is 0 Å². The van der Waals surface area contributed by atoms with Crippen molar-refractivity contribution < 1.29 is 4.74 Å². The summed E-state index contributed by atoms with van der Waals surface area (Å²) in [6.07, 6.45) is 2.36. The monoisotopic (exact) mass is 189 g/mol. The zero-order valence-electron chi connectivity index (χ0n) is 8.01. The molecular formula is C9H19NOS. The highest BCUT2D eigenvalue weighted by atomic mass is 32.2. The van der Waals surface area contributed by atoms with Gasteiger partial charge in [0, 0.05) is 12.1 Å². The van der Waals surface area contributed by atoms with Crippen LogP contribution in [0.4, 0.5) is 0 Å². The maximum atomic E-state index is 6.21. The molecule has 3 heteroatoms. The highest BCUT2D eigenvalue weighted by Gasteiger charge is 2.36. The van der Waals surface area contributed by atoms with E-state index in [4.69, 9.17) is 10.5 Å². The Morgan fingerprint density at radius 1 is 1.67 bits per heavy atom. The molecule has 2 N–H and O–H groups in total. The molecule has 1 saturated heterocycles. The summed E-state index contributed by atoms with van der Waals surface area (Å²) in [6, 6.07) is 0. The fraction of sp³-hybridized carbons (Fsp3) is 1.00. The first-order chi connectivity index (χ1) is 5.69. The van der Waals surface area contributed by atoms with Gasteiger partial charge in [0.1, 0.15) is 0 Å². The molecule has 0 aromatic carbocycles. The molecule has 0 saturated carbocycles. The minimum Gasteiger partial charge on any atom is -0.377 e. The van der Waals surface area contributed by atoms with Crippen molar-refractivity contribution in [2.75, 3.05) is 18.1 Å². The highest BCUT2D eigenvalue weighted by Crippen LogP contribution is 2.27. The van der Waals surface area contributed by atoms with E-state index in [0.717, 1.165) is 19.4 Å². The first-order valence-electron chi connectivity index (χ1n) is 4.67. The molecule has 1 aliphatic rings.